The van der Waals surface area contributed by atoms with E-state index in [1.54, 1.807) is 0 Å². The summed E-state index contributed by atoms with van der Waals surface area (Å²) in [5, 5.41) is 0. The normalized spacial score (nSPS) is 13.3. The Morgan fingerprint density at radius 3 is 1.05 bits per heavy atom. The van der Waals surface area contributed by atoms with Crippen LogP contribution in [-0.2, 0) is 32.7 Å². The first-order valence-electron chi connectivity index (χ1n) is 26.2. The van der Waals surface area contributed by atoms with E-state index in [9.17, 15) is 19.0 Å². The number of carbonyl (C=O) groups excluding carboxylic acids is 2. The van der Waals surface area contributed by atoms with Gasteiger partial charge in [0.1, 0.15) is 19.8 Å². The molecule has 364 valence electrons. The zero-order valence-corrected chi connectivity index (χ0v) is 42.0. The summed E-state index contributed by atoms with van der Waals surface area (Å²) < 4.78 is 34.1. The Morgan fingerprint density at radius 2 is 0.738 bits per heavy atom. The van der Waals surface area contributed by atoms with Crippen molar-refractivity contribution in [2.45, 2.75) is 270 Å². The van der Waals surface area contributed by atoms with Crippen LogP contribution in [0.4, 0.5) is 0 Å². The smallest absolute Gasteiger partial charge is 0.306 e. The molecule has 0 aromatic rings. The molecule has 9 nitrogen and oxygen atoms in total. The van der Waals surface area contributed by atoms with E-state index in [2.05, 4.69) is 13.8 Å². The number of ether oxygens (including phenoxy) is 2. The number of unbranched alkanes of at least 4 members (excludes halogenated alkanes) is 35. The minimum absolute atomic E-state index is 0.0253. The zero-order valence-electron chi connectivity index (χ0n) is 41.1. The van der Waals surface area contributed by atoms with Gasteiger partial charge in [0.05, 0.1) is 27.7 Å². The number of hydrogen-bond donors (Lipinski definition) is 0. The summed E-state index contributed by atoms with van der Waals surface area (Å²) in [4.78, 5) is 37.7. The van der Waals surface area contributed by atoms with E-state index in [1.807, 2.05) is 21.1 Å². The molecule has 0 N–H and O–H groups in total. The van der Waals surface area contributed by atoms with Crippen LogP contribution in [0.5, 0.6) is 0 Å². The molecule has 0 aromatic heterocycles. The minimum atomic E-state index is -4.62. The Balaban J connectivity index is 4.16. The number of rotatable bonds is 49. The first-order chi connectivity index (χ1) is 29.5. The van der Waals surface area contributed by atoms with E-state index in [1.165, 1.54) is 199 Å². The Kier molecular flexibility index (Phi) is 43.5. The number of carbonyl (C=O) groups is 2. The monoisotopic (exact) mass is 888 g/mol. The lowest BCUT2D eigenvalue weighted by Crippen LogP contribution is -2.37. The first-order valence-corrected chi connectivity index (χ1v) is 27.7. The van der Waals surface area contributed by atoms with Crippen LogP contribution in [0, 0.1) is 0 Å². The van der Waals surface area contributed by atoms with E-state index in [0.29, 0.717) is 17.4 Å². The van der Waals surface area contributed by atoms with Crippen LogP contribution in [0.25, 0.3) is 0 Å². The lowest BCUT2D eigenvalue weighted by atomic mass is 10.0. The predicted octanol–water partition coefficient (Wildman–Crippen LogP) is 14.9. The van der Waals surface area contributed by atoms with Crippen molar-refractivity contribution in [3.8, 4) is 0 Å². The van der Waals surface area contributed by atoms with Gasteiger partial charge in [-0.3, -0.25) is 14.2 Å². The topological polar surface area (TPSA) is 111 Å². The summed E-state index contributed by atoms with van der Waals surface area (Å²) in [5.74, 6) is -0.813. The molecule has 0 fully saturated rings. The number of likely N-dealkylation sites (N-methyl/N-ethyl adjacent to an activating group) is 1. The second kappa shape index (κ2) is 44.2. The molecule has 0 saturated heterocycles. The summed E-state index contributed by atoms with van der Waals surface area (Å²) in [7, 11) is 1.19. The van der Waals surface area contributed by atoms with Crippen LogP contribution in [0.2, 0.25) is 0 Å². The van der Waals surface area contributed by atoms with Crippen molar-refractivity contribution >= 4 is 19.8 Å². The van der Waals surface area contributed by atoms with Crippen molar-refractivity contribution < 1.29 is 42.1 Å². The van der Waals surface area contributed by atoms with Gasteiger partial charge >= 0.3 is 11.9 Å². The van der Waals surface area contributed by atoms with Crippen molar-refractivity contribution in [2.24, 2.45) is 0 Å². The molecule has 0 saturated carbocycles. The fraction of sp³-hybridized carbons (Fsp3) is 0.961. The van der Waals surface area contributed by atoms with Gasteiger partial charge in [-0.1, -0.05) is 239 Å². The molecule has 0 aliphatic rings. The SMILES string of the molecule is CCCCCCCCCCCCCCCCCCCCCCCCC(=O)O[C@H](COC(=O)CCCCCCCCCCCCCCCCC)COP(=O)([O-])OCC[N+](C)(C)C. The molecule has 0 aliphatic heterocycles. The van der Waals surface area contributed by atoms with Crippen LogP contribution in [-0.4, -0.2) is 70.0 Å². The lowest BCUT2D eigenvalue weighted by molar-refractivity contribution is -0.870. The molecule has 0 radical (unpaired) electrons. The molecule has 0 spiro atoms. The standard InChI is InChI=1S/C51H102NO8P/c1-6-8-10-12-14-16-18-20-22-23-24-25-26-27-28-30-32-34-36-38-40-42-44-51(54)60-49(48-59-61(55,56)58-46-45-52(3,4)5)47-57-50(53)43-41-39-37-35-33-31-29-21-19-17-15-13-11-9-7-2/h49H,6-48H2,1-5H3/t49-/m1/s1. The number of nitrogens with zero attached hydrogens (tertiary/aromatic N) is 1. The molecule has 0 aliphatic carbocycles. The van der Waals surface area contributed by atoms with Gasteiger partial charge in [0, 0.05) is 12.8 Å². The first kappa shape index (κ1) is 60.0. The maximum atomic E-state index is 12.7. The predicted molar refractivity (Wildman–Crippen MR) is 255 cm³/mol. The Labute approximate surface area is 378 Å². The minimum Gasteiger partial charge on any atom is -0.756 e. The van der Waals surface area contributed by atoms with Crippen molar-refractivity contribution in [1.29, 1.82) is 0 Å². The Hall–Kier alpha value is -0.990. The van der Waals surface area contributed by atoms with Crippen LogP contribution in [0.1, 0.15) is 264 Å². The zero-order chi connectivity index (χ0) is 45.0. The number of phosphoric ester groups is 1. The second-order valence-electron chi connectivity index (χ2n) is 19.3. The molecule has 0 heterocycles. The third-order valence-corrected chi connectivity index (χ3v) is 12.8. The summed E-state index contributed by atoms with van der Waals surface area (Å²) in [5.41, 5.74) is 0. The third-order valence-electron chi connectivity index (χ3n) is 11.9. The van der Waals surface area contributed by atoms with E-state index in [0.717, 1.165) is 32.1 Å². The molecule has 10 heteroatoms. The van der Waals surface area contributed by atoms with Crippen molar-refractivity contribution in [1.82, 2.24) is 0 Å². The third kappa shape index (κ3) is 48.3. The van der Waals surface area contributed by atoms with Crippen LogP contribution >= 0.6 is 7.82 Å². The molecule has 0 rings (SSSR count). The van der Waals surface area contributed by atoms with Gasteiger partial charge in [-0.05, 0) is 12.8 Å². The van der Waals surface area contributed by atoms with Crippen molar-refractivity contribution in [3.63, 3.8) is 0 Å². The van der Waals surface area contributed by atoms with Gasteiger partial charge in [-0.25, -0.2) is 0 Å². The molecular formula is C51H102NO8P. The average molecular weight is 888 g/mol. The van der Waals surface area contributed by atoms with Crippen molar-refractivity contribution in [2.75, 3.05) is 47.5 Å². The highest BCUT2D eigenvalue weighted by Gasteiger charge is 2.21. The number of esters is 2. The highest BCUT2D eigenvalue weighted by molar-refractivity contribution is 7.45. The van der Waals surface area contributed by atoms with Gasteiger partial charge in [0.2, 0.25) is 0 Å². The highest BCUT2D eigenvalue weighted by Crippen LogP contribution is 2.38. The molecular weight excluding hydrogens is 786 g/mol. The van der Waals surface area contributed by atoms with Gasteiger partial charge in [0.25, 0.3) is 7.82 Å². The molecule has 1 unspecified atom stereocenters. The van der Waals surface area contributed by atoms with Crippen LogP contribution < -0.4 is 4.89 Å². The molecule has 0 amide bonds. The molecule has 61 heavy (non-hydrogen) atoms. The summed E-state index contributed by atoms with van der Waals surface area (Å²) in [6, 6.07) is 0. The number of quaternary nitrogens is 1. The van der Waals surface area contributed by atoms with E-state index in [-0.39, 0.29) is 32.0 Å². The molecule has 0 aromatic carbocycles. The highest BCUT2D eigenvalue weighted by atomic mass is 31.2. The maximum absolute atomic E-state index is 12.7. The van der Waals surface area contributed by atoms with E-state index >= 15 is 0 Å². The van der Waals surface area contributed by atoms with E-state index < -0.39 is 26.5 Å². The fourth-order valence-electron chi connectivity index (χ4n) is 7.78. The lowest BCUT2D eigenvalue weighted by Gasteiger charge is -2.28. The molecule has 2 atom stereocenters. The average Bonchev–Trinajstić information content (AvgIpc) is 3.21. The molecule has 0 bridgehead atoms. The Morgan fingerprint density at radius 1 is 0.443 bits per heavy atom. The fourth-order valence-corrected chi connectivity index (χ4v) is 8.50. The number of hydrogen-bond acceptors (Lipinski definition) is 8. The maximum Gasteiger partial charge on any atom is 0.306 e. The van der Waals surface area contributed by atoms with Gasteiger partial charge < -0.3 is 27.9 Å². The van der Waals surface area contributed by atoms with Gasteiger partial charge in [0.15, 0.2) is 6.10 Å². The summed E-state index contributed by atoms with van der Waals surface area (Å²) in [6.07, 6.45) is 47.0. The van der Waals surface area contributed by atoms with Gasteiger partial charge in [-0.15, -0.1) is 0 Å². The second-order valence-corrected chi connectivity index (χ2v) is 20.7. The summed E-state index contributed by atoms with van der Waals surface area (Å²) in [6.45, 7) is 4.29. The largest absolute Gasteiger partial charge is 0.756 e. The number of phosphoric acid groups is 1. The van der Waals surface area contributed by atoms with E-state index in [4.69, 9.17) is 18.5 Å². The van der Waals surface area contributed by atoms with Crippen LogP contribution in [0.15, 0.2) is 0 Å². The van der Waals surface area contributed by atoms with Crippen LogP contribution in [0.3, 0.4) is 0 Å². The summed E-state index contributed by atoms with van der Waals surface area (Å²) >= 11 is 0. The Bertz CT molecular complexity index is 1010. The van der Waals surface area contributed by atoms with Gasteiger partial charge in [-0.2, -0.15) is 0 Å². The quantitative estimate of drug-likeness (QED) is 0.0257. The van der Waals surface area contributed by atoms with Crippen molar-refractivity contribution in [3.05, 3.63) is 0 Å².